The second-order valence-corrected chi connectivity index (χ2v) is 5.21. The molecular weight excluding hydrogens is 316 g/mol. The summed E-state index contributed by atoms with van der Waals surface area (Å²) in [6.07, 6.45) is -5.97. The van der Waals surface area contributed by atoms with Gasteiger partial charge < -0.3 is 5.11 Å². The standard InChI is InChI=1S/C12H13BrF4O/c1-6(2)8-5-9(13)7(10(14)11(8)18)3-4-12(15,16)17/h5-6,18H,3-4H2,1-2H3. The van der Waals surface area contributed by atoms with E-state index in [1.165, 1.54) is 6.07 Å². The maximum atomic E-state index is 13.8. The minimum atomic E-state index is -4.35. The number of phenolic OH excluding ortho intramolecular Hbond substituents is 1. The number of halogens is 5. The van der Waals surface area contributed by atoms with Gasteiger partial charge in [0, 0.05) is 22.0 Å². The zero-order valence-corrected chi connectivity index (χ0v) is 11.5. The molecule has 0 bridgehead atoms. The summed E-state index contributed by atoms with van der Waals surface area (Å²) in [4.78, 5) is 0. The fourth-order valence-electron chi connectivity index (χ4n) is 1.60. The van der Waals surface area contributed by atoms with Crippen LogP contribution in [0.4, 0.5) is 17.6 Å². The van der Waals surface area contributed by atoms with Gasteiger partial charge in [-0.15, -0.1) is 0 Å². The average Bonchev–Trinajstić information content (AvgIpc) is 2.21. The van der Waals surface area contributed by atoms with Gasteiger partial charge in [-0.3, -0.25) is 0 Å². The van der Waals surface area contributed by atoms with Gasteiger partial charge >= 0.3 is 6.18 Å². The minimum Gasteiger partial charge on any atom is -0.505 e. The van der Waals surface area contributed by atoms with Crippen molar-refractivity contribution in [3.8, 4) is 5.75 Å². The van der Waals surface area contributed by atoms with Crippen LogP contribution in [0, 0.1) is 5.82 Å². The highest BCUT2D eigenvalue weighted by atomic mass is 79.9. The first-order valence-electron chi connectivity index (χ1n) is 5.40. The number of rotatable bonds is 3. The van der Waals surface area contributed by atoms with Crippen LogP contribution >= 0.6 is 15.9 Å². The van der Waals surface area contributed by atoms with Crippen LogP contribution in [0.25, 0.3) is 0 Å². The van der Waals surface area contributed by atoms with Crippen molar-refractivity contribution in [3.05, 3.63) is 27.5 Å². The number of aromatic hydroxyl groups is 1. The predicted octanol–water partition coefficient (Wildman–Crippen LogP) is 4.91. The fourth-order valence-corrected chi connectivity index (χ4v) is 2.22. The van der Waals surface area contributed by atoms with E-state index in [2.05, 4.69) is 15.9 Å². The number of hydrogen-bond acceptors (Lipinski definition) is 1. The van der Waals surface area contributed by atoms with Gasteiger partial charge in [-0.2, -0.15) is 13.2 Å². The molecule has 6 heteroatoms. The Morgan fingerprint density at radius 1 is 1.33 bits per heavy atom. The normalized spacial score (nSPS) is 12.2. The van der Waals surface area contributed by atoms with Crippen LogP contribution in [0.2, 0.25) is 0 Å². The first kappa shape index (κ1) is 15.3. The summed E-state index contributed by atoms with van der Waals surface area (Å²) in [6, 6.07) is 1.47. The summed E-state index contributed by atoms with van der Waals surface area (Å²) in [6.45, 7) is 3.52. The Kier molecular flexibility index (Phi) is 4.64. The van der Waals surface area contributed by atoms with Gasteiger partial charge in [0.05, 0.1) is 0 Å². The fraction of sp³-hybridized carbons (Fsp3) is 0.500. The highest BCUT2D eigenvalue weighted by Crippen LogP contribution is 2.36. The molecule has 1 N–H and O–H groups in total. The number of hydrogen-bond donors (Lipinski definition) is 1. The predicted molar refractivity (Wildman–Crippen MR) is 64.2 cm³/mol. The van der Waals surface area contributed by atoms with Crippen molar-refractivity contribution >= 4 is 15.9 Å². The van der Waals surface area contributed by atoms with Crippen molar-refractivity contribution in [2.45, 2.75) is 38.8 Å². The molecule has 0 aliphatic heterocycles. The van der Waals surface area contributed by atoms with E-state index >= 15 is 0 Å². The summed E-state index contributed by atoms with van der Waals surface area (Å²) in [5.74, 6) is -1.66. The van der Waals surface area contributed by atoms with Crippen molar-refractivity contribution in [2.75, 3.05) is 0 Å². The molecule has 0 aliphatic rings. The van der Waals surface area contributed by atoms with Crippen LogP contribution in [0.15, 0.2) is 10.5 Å². The number of alkyl halides is 3. The number of benzene rings is 1. The molecule has 0 saturated heterocycles. The SMILES string of the molecule is CC(C)c1cc(Br)c(CCC(F)(F)F)c(F)c1O. The van der Waals surface area contributed by atoms with Crippen LogP contribution in [0.1, 0.15) is 37.3 Å². The molecule has 1 aromatic carbocycles. The Balaban J connectivity index is 3.11. The van der Waals surface area contributed by atoms with E-state index in [0.717, 1.165) is 0 Å². The van der Waals surface area contributed by atoms with E-state index in [1.54, 1.807) is 13.8 Å². The molecule has 0 spiro atoms. The molecule has 0 unspecified atom stereocenters. The third kappa shape index (κ3) is 3.60. The molecule has 1 nitrogen and oxygen atoms in total. The molecule has 0 heterocycles. The molecule has 1 rings (SSSR count). The van der Waals surface area contributed by atoms with E-state index in [9.17, 15) is 22.7 Å². The van der Waals surface area contributed by atoms with Gasteiger partial charge in [-0.1, -0.05) is 29.8 Å². The first-order chi connectivity index (χ1) is 8.13. The lowest BCUT2D eigenvalue weighted by atomic mass is 9.98. The zero-order valence-electron chi connectivity index (χ0n) is 9.91. The maximum Gasteiger partial charge on any atom is 0.389 e. The van der Waals surface area contributed by atoms with Crippen LogP contribution in [-0.2, 0) is 6.42 Å². The van der Waals surface area contributed by atoms with Gasteiger partial charge in [0.2, 0.25) is 0 Å². The van der Waals surface area contributed by atoms with Gasteiger partial charge in [0.15, 0.2) is 11.6 Å². The van der Waals surface area contributed by atoms with Crippen molar-refractivity contribution in [1.82, 2.24) is 0 Å². The third-order valence-electron chi connectivity index (χ3n) is 2.60. The van der Waals surface area contributed by atoms with Crippen molar-refractivity contribution in [1.29, 1.82) is 0 Å². The highest BCUT2D eigenvalue weighted by Gasteiger charge is 2.28. The Morgan fingerprint density at radius 2 is 1.89 bits per heavy atom. The first-order valence-corrected chi connectivity index (χ1v) is 6.19. The summed E-state index contributed by atoms with van der Waals surface area (Å²) >= 11 is 3.05. The quantitative estimate of drug-likeness (QED) is 0.781. The second-order valence-electron chi connectivity index (χ2n) is 4.36. The molecule has 1 aromatic rings. The molecular formula is C12H13BrF4O. The summed E-state index contributed by atoms with van der Waals surface area (Å²) < 4.78 is 50.4. The number of phenols is 1. The van der Waals surface area contributed by atoms with Gasteiger partial charge in [-0.25, -0.2) is 4.39 Å². The molecule has 0 fully saturated rings. The Hall–Kier alpha value is -0.780. The Morgan fingerprint density at radius 3 is 2.33 bits per heavy atom. The maximum absolute atomic E-state index is 13.8. The van der Waals surface area contributed by atoms with E-state index in [0.29, 0.717) is 5.56 Å². The summed E-state index contributed by atoms with van der Waals surface area (Å²) in [5.41, 5.74) is 0.226. The van der Waals surface area contributed by atoms with Crippen LogP contribution in [0.3, 0.4) is 0 Å². The van der Waals surface area contributed by atoms with Gasteiger partial charge in [0.25, 0.3) is 0 Å². The topological polar surface area (TPSA) is 20.2 Å². The molecule has 0 radical (unpaired) electrons. The lowest BCUT2D eigenvalue weighted by molar-refractivity contribution is -0.134. The molecule has 0 saturated carbocycles. The van der Waals surface area contributed by atoms with E-state index in [-0.39, 0.29) is 16.0 Å². The molecule has 0 aromatic heterocycles. The van der Waals surface area contributed by atoms with Crippen molar-refractivity contribution < 1.29 is 22.7 Å². The Labute approximate surface area is 111 Å². The van der Waals surface area contributed by atoms with E-state index in [4.69, 9.17) is 0 Å². The van der Waals surface area contributed by atoms with Gasteiger partial charge in [0.1, 0.15) is 0 Å². The molecule has 0 amide bonds. The minimum absolute atomic E-state index is 0.118. The molecule has 0 atom stereocenters. The van der Waals surface area contributed by atoms with Crippen molar-refractivity contribution in [2.24, 2.45) is 0 Å². The Bertz CT molecular complexity index is 441. The van der Waals surface area contributed by atoms with Crippen LogP contribution in [0.5, 0.6) is 5.75 Å². The molecule has 18 heavy (non-hydrogen) atoms. The highest BCUT2D eigenvalue weighted by molar-refractivity contribution is 9.10. The largest absolute Gasteiger partial charge is 0.505 e. The lowest BCUT2D eigenvalue weighted by Crippen LogP contribution is -2.10. The third-order valence-corrected chi connectivity index (χ3v) is 3.30. The summed E-state index contributed by atoms with van der Waals surface area (Å²) in [5, 5.41) is 9.63. The average molecular weight is 329 g/mol. The monoisotopic (exact) mass is 328 g/mol. The summed E-state index contributed by atoms with van der Waals surface area (Å²) in [7, 11) is 0. The smallest absolute Gasteiger partial charge is 0.389 e. The van der Waals surface area contributed by atoms with Crippen LogP contribution < -0.4 is 0 Å². The van der Waals surface area contributed by atoms with E-state index in [1.807, 2.05) is 0 Å². The van der Waals surface area contributed by atoms with Gasteiger partial charge in [-0.05, 0) is 18.4 Å². The lowest BCUT2D eigenvalue weighted by Gasteiger charge is -2.15. The van der Waals surface area contributed by atoms with Crippen LogP contribution in [-0.4, -0.2) is 11.3 Å². The van der Waals surface area contributed by atoms with E-state index < -0.39 is 30.6 Å². The second kappa shape index (κ2) is 5.47. The zero-order chi connectivity index (χ0) is 14.1. The van der Waals surface area contributed by atoms with Crippen molar-refractivity contribution in [3.63, 3.8) is 0 Å². The molecule has 0 aliphatic carbocycles. The molecule has 102 valence electrons.